The molecule has 0 aliphatic carbocycles. The number of carbonyl (C=O) groups excluding carboxylic acids is 1. The predicted molar refractivity (Wildman–Crippen MR) is 104 cm³/mol. The SMILES string of the molecule is CC[C@H](C)[C@H](NS(=O)(=O)c1ccc(Br)s1)C(=O)NCc1ccccc1. The van der Waals surface area contributed by atoms with Gasteiger partial charge in [-0.05, 0) is 39.5 Å². The lowest BCUT2D eigenvalue weighted by molar-refractivity contribution is -0.124. The summed E-state index contributed by atoms with van der Waals surface area (Å²) in [7, 11) is -3.74. The molecule has 136 valence electrons. The maximum absolute atomic E-state index is 12.6. The third kappa shape index (κ3) is 5.64. The molecule has 5 nitrogen and oxygen atoms in total. The van der Waals surface area contributed by atoms with Gasteiger partial charge in [-0.2, -0.15) is 4.72 Å². The van der Waals surface area contributed by atoms with Gasteiger partial charge in [0, 0.05) is 6.54 Å². The molecule has 1 heterocycles. The first kappa shape index (κ1) is 20.1. The third-order valence-corrected chi connectivity index (χ3v) is 7.46. The smallest absolute Gasteiger partial charge is 0.250 e. The van der Waals surface area contributed by atoms with Gasteiger partial charge in [-0.25, -0.2) is 8.42 Å². The summed E-state index contributed by atoms with van der Waals surface area (Å²) in [4.78, 5) is 12.6. The standard InChI is InChI=1S/C17H21BrN2O3S2/c1-3-12(2)16(17(21)19-11-13-7-5-4-6-8-13)20-25(22,23)15-10-9-14(18)24-15/h4-10,12,16,20H,3,11H2,1-2H3,(H,19,21)/t12-,16-/m0/s1. The quantitative estimate of drug-likeness (QED) is 0.653. The summed E-state index contributed by atoms with van der Waals surface area (Å²) in [6, 6.07) is 11.9. The lowest BCUT2D eigenvalue weighted by atomic mass is 9.99. The first-order valence-electron chi connectivity index (χ1n) is 7.92. The fraction of sp³-hybridized carbons (Fsp3) is 0.353. The molecule has 1 aromatic heterocycles. The van der Waals surface area contributed by atoms with Gasteiger partial charge in [-0.1, -0.05) is 50.6 Å². The van der Waals surface area contributed by atoms with Crippen molar-refractivity contribution in [2.75, 3.05) is 0 Å². The first-order chi connectivity index (χ1) is 11.8. The molecule has 0 saturated heterocycles. The van der Waals surface area contributed by atoms with E-state index in [1.54, 1.807) is 6.07 Å². The van der Waals surface area contributed by atoms with Crippen molar-refractivity contribution >= 4 is 43.2 Å². The van der Waals surface area contributed by atoms with Crippen molar-refractivity contribution in [3.63, 3.8) is 0 Å². The van der Waals surface area contributed by atoms with Crippen molar-refractivity contribution in [2.24, 2.45) is 5.92 Å². The highest BCUT2D eigenvalue weighted by atomic mass is 79.9. The Kier molecular flexibility index (Phi) is 7.18. The second-order valence-corrected chi connectivity index (χ2v) is 10.2. The minimum Gasteiger partial charge on any atom is -0.351 e. The van der Waals surface area contributed by atoms with Crippen LogP contribution in [-0.2, 0) is 21.4 Å². The van der Waals surface area contributed by atoms with E-state index in [1.165, 1.54) is 6.07 Å². The fourth-order valence-electron chi connectivity index (χ4n) is 2.23. The second-order valence-electron chi connectivity index (χ2n) is 5.75. The zero-order valence-electron chi connectivity index (χ0n) is 14.0. The minimum absolute atomic E-state index is 0.131. The van der Waals surface area contributed by atoms with Gasteiger partial charge in [0.2, 0.25) is 5.91 Å². The van der Waals surface area contributed by atoms with Gasteiger partial charge < -0.3 is 5.32 Å². The highest BCUT2D eigenvalue weighted by molar-refractivity contribution is 9.11. The Morgan fingerprint density at radius 3 is 2.44 bits per heavy atom. The molecule has 0 radical (unpaired) electrons. The predicted octanol–water partition coefficient (Wildman–Crippen LogP) is 3.52. The van der Waals surface area contributed by atoms with E-state index in [-0.39, 0.29) is 16.0 Å². The molecule has 2 rings (SSSR count). The zero-order valence-corrected chi connectivity index (χ0v) is 17.2. The molecule has 0 spiro atoms. The Morgan fingerprint density at radius 1 is 1.20 bits per heavy atom. The summed E-state index contributed by atoms with van der Waals surface area (Å²) in [5.74, 6) is -0.452. The third-order valence-electron chi connectivity index (χ3n) is 3.90. The van der Waals surface area contributed by atoms with Crippen LogP contribution in [0.15, 0.2) is 50.5 Å². The summed E-state index contributed by atoms with van der Waals surface area (Å²) >= 11 is 4.37. The number of hydrogen-bond acceptors (Lipinski definition) is 4. The molecular weight excluding hydrogens is 424 g/mol. The number of thiophene rings is 1. The van der Waals surface area contributed by atoms with Crippen LogP contribution >= 0.6 is 27.3 Å². The average molecular weight is 445 g/mol. The highest BCUT2D eigenvalue weighted by Crippen LogP contribution is 2.26. The molecule has 2 aromatic rings. The molecule has 1 amide bonds. The maximum atomic E-state index is 12.6. The van der Waals surface area contributed by atoms with Crippen LogP contribution in [0.2, 0.25) is 0 Å². The van der Waals surface area contributed by atoms with Crippen molar-refractivity contribution in [2.45, 2.75) is 37.1 Å². The number of hydrogen-bond donors (Lipinski definition) is 2. The summed E-state index contributed by atoms with van der Waals surface area (Å²) in [5, 5.41) is 2.82. The second kappa shape index (κ2) is 8.93. The summed E-state index contributed by atoms with van der Waals surface area (Å²) in [5.41, 5.74) is 0.962. The van der Waals surface area contributed by atoms with E-state index in [4.69, 9.17) is 0 Å². The average Bonchev–Trinajstić information content (AvgIpc) is 3.05. The molecule has 2 N–H and O–H groups in total. The number of nitrogens with one attached hydrogen (secondary N) is 2. The normalized spacial score (nSPS) is 14.0. The zero-order chi connectivity index (χ0) is 18.4. The van der Waals surface area contributed by atoms with Gasteiger partial charge in [0.15, 0.2) is 0 Å². The number of sulfonamides is 1. The van der Waals surface area contributed by atoms with Gasteiger partial charge in [0.1, 0.15) is 10.3 Å². The lowest BCUT2D eigenvalue weighted by Gasteiger charge is -2.23. The first-order valence-corrected chi connectivity index (χ1v) is 11.0. The van der Waals surface area contributed by atoms with Crippen molar-refractivity contribution in [1.82, 2.24) is 10.0 Å². The molecule has 0 saturated carbocycles. The fourth-order valence-corrected chi connectivity index (χ4v) is 5.56. The lowest BCUT2D eigenvalue weighted by Crippen LogP contribution is -2.49. The van der Waals surface area contributed by atoms with Crippen molar-refractivity contribution in [1.29, 1.82) is 0 Å². The van der Waals surface area contributed by atoms with Crippen LogP contribution in [0.5, 0.6) is 0 Å². The molecule has 2 atom stereocenters. The maximum Gasteiger partial charge on any atom is 0.250 e. The molecule has 25 heavy (non-hydrogen) atoms. The van der Waals surface area contributed by atoms with Crippen LogP contribution in [0.4, 0.5) is 0 Å². The Hall–Kier alpha value is -1.22. The molecule has 8 heteroatoms. The van der Waals surface area contributed by atoms with E-state index >= 15 is 0 Å². The van der Waals surface area contributed by atoms with E-state index in [9.17, 15) is 13.2 Å². The molecule has 0 fully saturated rings. The summed E-state index contributed by atoms with van der Waals surface area (Å²) in [6.45, 7) is 4.15. The number of rotatable bonds is 8. The summed E-state index contributed by atoms with van der Waals surface area (Å²) < 4.78 is 28.6. The van der Waals surface area contributed by atoms with Crippen LogP contribution in [-0.4, -0.2) is 20.4 Å². The van der Waals surface area contributed by atoms with Gasteiger partial charge >= 0.3 is 0 Å². The van der Waals surface area contributed by atoms with E-state index in [2.05, 4.69) is 26.0 Å². The van der Waals surface area contributed by atoms with Crippen LogP contribution in [0, 0.1) is 5.92 Å². The van der Waals surface area contributed by atoms with Crippen LogP contribution in [0.3, 0.4) is 0 Å². The van der Waals surface area contributed by atoms with Gasteiger partial charge in [0.25, 0.3) is 10.0 Å². The van der Waals surface area contributed by atoms with E-state index in [0.717, 1.165) is 20.7 Å². The van der Waals surface area contributed by atoms with Crippen molar-refractivity contribution in [3.05, 3.63) is 51.8 Å². The molecule has 0 aliphatic heterocycles. The van der Waals surface area contributed by atoms with Crippen molar-refractivity contribution in [3.8, 4) is 0 Å². The number of amides is 1. The van der Waals surface area contributed by atoms with Gasteiger partial charge in [0.05, 0.1) is 3.79 Å². The molecule has 1 aromatic carbocycles. The van der Waals surface area contributed by atoms with Crippen LogP contribution < -0.4 is 10.0 Å². The topological polar surface area (TPSA) is 75.3 Å². The van der Waals surface area contributed by atoms with E-state index in [1.807, 2.05) is 44.2 Å². The Labute approximate surface area is 161 Å². The molecule has 0 bridgehead atoms. The number of carbonyl (C=O) groups is 1. The van der Waals surface area contributed by atoms with Gasteiger partial charge in [-0.15, -0.1) is 11.3 Å². The van der Waals surface area contributed by atoms with Gasteiger partial charge in [-0.3, -0.25) is 4.79 Å². The van der Waals surface area contributed by atoms with E-state index in [0.29, 0.717) is 13.0 Å². The van der Waals surface area contributed by atoms with Crippen LogP contribution in [0.25, 0.3) is 0 Å². The van der Waals surface area contributed by atoms with E-state index < -0.39 is 16.1 Å². The Morgan fingerprint density at radius 2 is 1.88 bits per heavy atom. The summed E-state index contributed by atoms with van der Waals surface area (Å²) in [6.07, 6.45) is 0.681. The largest absolute Gasteiger partial charge is 0.351 e. The molecular formula is C17H21BrN2O3S2. The Balaban J connectivity index is 2.11. The molecule has 0 aliphatic rings. The van der Waals surface area contributed by atoms with Crippen molar-refractivity contribution < 1.29 is 13.2 Å². The Bertz CT molecular complexity index is 806. The minimum atomic E-state index is -3.74. The number of benzene rings is 1. The number of halogens is 1. The molecule has 0 unspecified atom stereocenters. The van der Waals surface area contributed by atoms with Crippen LogP contribution in [0.1, 0.15) is 25.8 Å². The highest BCUT2D eigenvalue weighted by Gasteiger charge is 2.30. The monoisotopic (exact) mass is 444 g/mol.